The molecule has 0 amide bonds. The largest absolute Gasteiger partial charge is 0.286 e. The van der Waals surface area contributed by atoms with Gasteiger partial charge in [-0.3, -0.25) is 14.6 Å². The number of carbonyl (C=O) groups excluding carboxylic acids is 2. The van der Waals surface area contributed by atoms with Crippen molar-refractivity contribution >= 4 is 28.5 Å². The monoisotopic (exact) mass is 209 g/mol. The first kappa shape index (κ1) is 8.97. The summed E-state index contributed by atoms with van der Waals surface area (Å²) in [5.41, 5.74) is 2.05. The Bertz CT molecular complexity index is 656. The average Bonchev–Trinajstić information content (AvgIpc) is 2.32. The number of pyridine rings is 1. The van der Waals surface area contributed by atoms with Gasteiger partial charge in [0.15, 0.2) is 0 Å². The summed E-state index contributed by atoms with van der Waals surface area (Å²) in [4.78, 5) is 27.1. The highest BCUT2D eigenvalue weighted by Gasteiger charge is 2.21. The van der Waals surface area contributed by atoms with Gasteiger partial charge in [0.05, 0.1) is 5.52 Å². The number of nitrogens with zero attached hydrogens (tertiary/aromatic N) is 1. The second-order valence-electron chi connectivity index (χ2n) is 3.66. The summed E-state index contributed by atoms with van der Waals surface area (Å²) < 4.78 is 0. The molecule has 0 bridgehead atoms. The van der Waals surface area contributed by atoms with Crippen molar-refractivity contribution in [3.63, 3.8) is 0 Å². The van der Waals surface area contributed by atoms with Crippen LogP contribution in [0, 0.1) is 0 Å². The maximum absolute atomic E-state index is 11.6. The summed E-state index contributed by atoms with van der Waals surface area (Å²) in [7, 11) is 0. The quantitative estimate of drug-likeness (QED) is 0.623. The number of hydrogen-bond donors (Lipinski definition) is 0. The van der Waals surface area contributed by atoms with E-state index in [-0.39, 0.29) is 0 Å². The summed E-state index contributed by atoms with van der Waals surface area (Å²) in [6.45, 7) is 0. The summed E-state index contributed by atoms with van der Waals surface area (Å²) in [5.74, 6) is -0.904. The van der Waals surface area contributed by atoms with E-state index in [9.17, 15) is 9.59 Å². The third kappa shape index (κ3) is 1.18. The molecule has 1 aliphatic carbocycles. The van der Waals surface area contributed by atoms with Crippen molar-refractivity contribution in [3.05, 3.63) is 47.7 Å². The number of allylic oxidation sites excluding steroid dienone is 1. The zero-order chi connectivity index (χ0) is 11.1. The zero-order valence-electron chi connectivity index (χ0n) is 8.31. The predicted molar refractivity (Wildman–Crippen MR) is 60.1 cm³/mol. The van der Waals surface area contributed by atoms with Crippen LogP contribution in [0.25, 0.3) is 17.0 Å². The molecule has 0 saturated heterocycles. The highest BCUT2D eigenvalue weighted by Crippen LogP contribution is 2.23. The number of benzene rings is 1. The molecule has 3 heteroatoms. The van der Waals surface area contributed by atoms with Gasteiger partial charge in [-0.25, -0.2) is 0 Å². The van der Waals surface area contributed by atoms with Crippen LogP contribution in [-0.4, -0.2) is 16.6 Å². The van der Waals surface area contributed by atoms with Crippen LogP contribution in [0.15, 0.2) is 36.5 Å². The Labute approximate surface area is 91.4 Å². The van der Waals surface area contributed by atoms with Crippen LogP contribution in [0.5, 0.6) is 0 Å². The minimum atomic E-state index is -0.462. The standard InChI is InChI=1S/C13H7NO2/c15-12-4-3-8-7-11-9(2-1-5-14-11)6-10(8)13(12)16/h1-7H. The van der Waals surface area contributed by atoms with Crippen molar-refractivity contribution in [2.45, 2.75) is 0 Å². The first-order valence-electron chi connectivity index (χ1n) is 4.91. The smallest absolute Gasteiger partial charge is 0.233 e. The predicted octanol–water partition coefficient (Wildman–Crippen LogP) is 2.01. The highest BCUT2D eigenvalue weighted by molar-refractivity contribution is 6.50. The molecule has 3 nitrogen and oxygen atoms in total. The van der Waals surface area contributed by atoms with E-state index in [0.29, 0.717) is 5.56 Å². The highest BCUT2D eigenvalue weighted by atomic mass is 16.2. The Morgan fingerprint density at radius 2 is 1.94 bits per heavy atom. The molecule has 2 aromatic rings. The Hall–Kier alpha value is -2.29. The number of ketones is 2. The van der Waals surface area contributed by atoms with Gasteiger partial charge >= 0.3 is 0 Å². The molecule has 1 aromatic carbocycles. The fourth-order valence-corrected chi connectivity index (χ4v) is 1.84. The molecule has 0 spiro atoms. The van der Waals surface area contributed by atoms with Crippen LogP contribution in [0.4, 0.5) is 0 Å². The fraction of sp³-hybridized carbons (Fsp3) is 0. The van der Waals surface area contributed by atoms with E-state index in [1.165, 1.54) is 6.08 Å². The first-order valence-corrected chi connectivity index (χ1v) is 4.91. The van der Waals surface area contributed by atoms with Crippen LogP contribution < -0.4 is 0 Å². The molecular weight excluding hydrogens is 202 g/mol. The summed E-state index contributed by atoms with van der Waals surface area (Å²) in [5, 5.41) is 0.873. The third-order valence-electron chi connectivity index (χ3n) is 2.66. The number of rotatable bonds is 0. The van der Waals surface area contributed by atoms with Crippen molar-refractivity contribution in [1.82, 2.24) is 4.98 Å². The Kier molecular flexibility index (Phi) is 1.74. The van der Waals surface area contributed by atoms with E-state index in [2.05, 4.69) is 4.98 Å². The van der Waals surface area contributed by atoms with E-state index in [0.717, 1.165) is 16.5 Å². The maximum Gasteiger partial charge on any atom is 0.233 e. The number of fused-ring (bicyclic) bond motifs is 2. The van der Waals surface area contributed by atoms with Crippen molar-refractivity contribution < 1.29 is 9.59 Å². The van der Waals surface area contributed by atoms with Gasteiger partial charge in [0.25, 0.3) is 0 Å². The van der Waals surface area contributed by atoms with E-state index in [4.69, 9.17) is 0 Å². The van der Waals surface area contributed by atoms with Gasteiger partial charge < -0.3 is 0 Å². The van der Waals surface area contributed by atoms with E-state index >= 15 is 0 Å². The van der Waals surface area contributed by atoms with Gasteiger partial charge in [0.1, 0.15) is 0 Å². The summed E-state index contributed by atoms with van der Waals surface area (Å²) in [6.07, 6.45) is 4.67. The molecule has 0 radical (unpaired) electrons. The first-order chi connectivity index (χ1) is 7.75. The van der Waals surface area contributed by atoms with E-state index < -0.39 is 11.6 Å². The molecule has 1 heterocycles. The van der Waals surface area contributed by atoms with Gasteiger partial charge in [-0.05, 0) is 29.8 Å². The molecule has 0 unspecified atom stereocenters. The summed E-state index contributed by atoms with van der Waals surface area (Å²) >= 11 is 0. The molecular formula is C13H7NO2. The zero-order valence-corrected chi connectivity index (χ0v) is 8.31. The average molecular weight is 209 g/mol. The molecule has 1 aromatic heterocycles. The topological polar surface area (TPSA) is 47.0 Å². The molecule has 0 atom stereocenters. The number of aromatic nitrogens is 1. The van der Waals surface area contributed by atoms with Crippen molar-refractivity contribution in [2.75, 3.05) is 0 Å². The van der Waals surface area contributed by atoms with Crippen molar-refractivity contribution in [1.29, 1.82) is 0 Å². The molecule has 1 aliphatic rings. The van der Waals surface area contributed by atoms with Crippen molar-refractivity contribution in [2.24, 2.45) is 0 Å². The molecule has 0 saturated carbocycles. The maximum atomic E-state index is 11.6. The number of hydrogen-bond acceptors (Lipinski definition) is 3. The minimum absolute atomic E-state index is 0.441. The van der Waals surface area contributed by atoms with Gasteiger partial charge in [0.2, 0.25) is 11.6 Å². The van der Waals surface area contributed by atoms with Crippen LogP contribution in [0.3, 0.4) is 0 Å². The van der Waals surface area contributed by atoms with Crippen molar-refractivity contribution in [3.8, 4) is 0 Å². The number of Topliss-reactive ketones (excluding diaryl/α,β-unsaturated/α-hetero) is 1. The normalized spacial score (nSPS) is 14.2. The fourth-order valence-electron chi connectivity index (χ4n) is 1.84. The molecule has 0 fully saturated rings. The molecule has 76 valence electrons. The minimum Gasteiger partial charge on any atom is -0.286 e. The second-order valence-corrected chi connectivity index (χ2v) is 3.66. The van der Waals surface area contributed by atoms with E-state index in [1.54, 1.807) is 24.4 Å². The summed E-state index contributed by atoms with van der Waals surface area (Å²) in [6, 6.07) is 7.23. The molecule has 3 rings (SSSR count). The lowest BCUT2D eigenvalue weighted by molar-refractivity contribution is -0.110. The van der Waals surface area contributed by atoms with Crippen LogP contribution in [0.2, 0.25) is 0 Å². The van der Waals surface area contributed by atoms with Crippen LogP contribution in [-0.2, 0) is 4.79 Å². The van der Waals surface area contributed by atoms with Crippen LogP contribution >= 0.6 is 0 Å². The van der Waals surface area contributed by atoms with Gasteiger partial charge in [0, 0.05) is 17.1 Å². The SMILES string of the molecule is O=C1C=Cc2cc3ncccc3cc2C1=O. The van der Waals surface area contributed by atoms with E-state index in [1.807, 2.05) is 12.1 Å². The molecule has 0 aliphatic heterocycles. The van der Waals surface area contributed by atoms with Gasteiger partial charge in [-0.15, -0.1) is 0 Å². The van der Waals surface area contributed by atoms with Gasteiger partial charge in [-0.2, -0.15) is 0 Å². The third-order valence-corrected chi connectivity index (χ3v) is 2.66. The Balaban J connectivity index is 2.37. The lowest BCUT2D eigenvalue weighted by atomic mass is 9.94. The Morgan fingerprint density at radius 3 is 2.81 bits per heavy atom. The molecule has 0 N–H and O–H groups in total. The van der Waals surface area contributed by atoms with Gasteiger partial charge in [-0.1, -0.05) is 12.1 Å². The molecule has 16 heavy (non-hydrogen) atoms. The second kappa shape index (κ2) is 3.10. The Morgan fingerprint density at radius 1 is 1.06 bits per heavy atom. The lowest BCUT2D eigenvalue weighted by Gasteiger charge is -2.09. The number of carbonyl (C=O) groups is 2. The lowest BCUT2D eigenvalue weighted by Crippen LogP contribution is -2.16. The van der Waals surface area contributed by atoms with Crippen LogP contribution in [0.1, 0.15) is 15.9 Å².